The van der Waals surface area contributed by atoms with Crippen LogP contribution in [-0.2, 0) is 13.1 Å². The number of ether oxygens (including phenoxy) is 1. The minimum Gasteiger partial charge on any atom is -0.492 e. The summed E-state index contributed by atoms with van der Waals surface area (Å²) in [5.41, 5.74) is 2.03. The maximum absolute atomic E-state index is 13.2. The van der Waals surface area contributed by atoms with E-state index >= 15 is 0 Å². The first-order chi connectivity index (χ1) is 19.6. The monoisotopic (exact) mass is 544 g/mol. The van der Waals surface area contributed by atoms with Crippen LogP contribution in [0.2, 0.25) is 0 Å². The maximum atomic E-state index is 13.2. The summed E-state index contributed by atoms with van der Waals surface area (Å²) in [5, 5.41) is 0. The molecule has 40 heavy (non-hydrogen) atoms. The van der Waals surface area contributed by atoms with Crippen molar-refractivity contribution in [3.05, 3.63) is 96.1 Å². The number of carbonyl (C=O) groups is 2. The molecule has 5 rings (SSSR count). The van der Waals surface area contributed by atoms with Gasteiger partial charge < -0.3 is 32.8 Å². The third-order valence-electron chi connectivity index (χ3n) is 7.06. The molecule has 0 aliphatic carbocycles. The van der Waals surface area contributed by atoms with Gasteiger partial charge in [-0.3, -0.25) is 9.59 Å². The first-order valence-corrected chi connectivity index (χ1v) is 13.9. The lowest BCUT2D eigenvalue weighted by atomic mass is 10.2. The normalized spacial score (nSPS) is 13.4. The zero-order valence-electron chi connectivity index (χ0n) is 23.1. The molecule has 4 aromatic rings. The van der Waals surface area contributed by atoms with Gasteiger partial charge >= 0.3 is 0 Å². The molecule has 9 nitrogen and oxygen atoms in total. The van der Waals surface area contributed by atoms with Crippen molar-refractivity contribution in [2.24, 2.45) is 0 Å². The molecule has 1 aliphatic heterocycles. The average molecular weight is 545 g/mol. The Balaban J connectivity index is 1.20. The molecule has 2 amide bonds. The Morgan fingerprint density at radius 1 is 0.925 bits per heavy atom. The Morgan fingerprint density at radius 3 is 2.50 bits per heavy atom. The van der Waals surface area contributed by atoms with Crippen LogP contribution in [0.1, 0.15) is 52.8 Å². The van der Waals surface area contributed by atoms with E-state index in [4.69, 9.17) is 13.6 Å². The Hall–Kier alpha value is -4.40. The molecule has 0 atom stereocenters. The van der Waals surface area contributed by atoms with E-state index in [0.717, 1.165) is 36.6 Å². The number of benzene rings is 1. The fraction of sp³-hybridized carbons (Fsp3) is 0.355. The largest absolute Gasteiger partial charge is 0.492 e. The second kappa shape index (κ2) is 12.6. The van der Waals surface area contributed by atoms with Gasteiger partial charge in [0.25, 0.3) is 11.8 Å². The highest BCUT2D eigenvalue weighted by Crippen LogP contribution is 2.29. The molecule has 0 saturated carbocycles. The predicted octanol–water partition coefficient (Wildman–Crippen LogP) is 5.14. The number of amides is 2. The van der Waals surface area contributed by atoms with Crippen LogP contribution in [-0.4, -0.2) is 65.5 Å². The molecule has 0 bridgehead atoms. The van der Waals surface area contributed by atoms with Crippen LogP contribution in [0.5, 0.6) is 5.75 Å². The van der Waals surface area contributed by atoms with Gasteiger partial charge in [0, 0.05) is 44.6 Å². The molecule has 3 aromatic heterocycles. The van der Waals surface area contributed by atoms with Gasteiger partial charge in [0.2, 0.25) is 0 Å². The molecule has 9 heteroatoms. The van der Waals surface area contributed by atoms with Crippen LogP contribution in [0.3, 0.4) is 0 Å². The van der Waals surface area contributed by atoms with Crippen molar-refractivity contribution < 1.29 is 23.2 Å². The molecule has 1 aliphatic rings. The van der Waals surface area contributed by atoms with E-state index < -0.39 is 0 Å². The number of nitrogens with zero attached hydrogens (tertiary/aromatic N) is 4. The van der Waals surface area contributed by atoms with Crippen LogP contribution in [0.15, 0.2) is 82.0 Å². The summed E-state index contributed by atoms with van der Waals surface area (Å²) in [7, 11) is 0. The van der Waals surface area contributed by atoms with Crippen molar-refractivity contribution in [2.75, 3.05) is 44.2 Å². The van der Waals surface area contributed by atoms with E-state index in [1.54, 1.807) is 23.1 Å². The number of piperazine rings is 1. The van der Waals surface area contributed by atoms with Crippen molar-refractivity contribution in [2.45, 2.75) is 33.4 Å². The second-order valence-corrected chi connectivity index (χ2v) is 9.78. The molecule has 4 heterocycles. The first-order valence-electron chi connectivity index (χ1n) is 13.9. The van der Waals surface area contributed by atoms with Gasteiger partial charge in [-0.15, -0.1) is 0 Å². The fourth-order valence-electron chi connectivity index (χ4n) is 5.07. The molecule has 1 fully saturated rings. The standard InChI is InChI=1S/C31H36N4O5/c1-3-15-35(30(36)28-12-8-21-39-28)22-24-9-7-16-34(24)23-25-13-14-29(40-25)31(37)33-19-17-32(18-20-33)26-10-5-6-11-27(26)38-4-2/h5-14,16,21H,3-4,15,17-20,22-23H2,1-2H3. The van der Waals surface area contributed by atoms with Gasteiger partial charge in [-0.25, -0.2) is 0 Å². The third kappa shape index (κ3) is 6.09. The highest BCUT2D eigenvalue weighted by atomic mass is 16.5. The summed E-state index contributed by atoms with van der Waals surface area (Å²) in [4.78, 5) is 32.0. The summed E-state index contributed by atoms with van der Waals surface area (Å²) in [6.45, 7) is 8.82. The summed E-state index contributed by atoms with van der Waals surface area (Å²) >= 11 is 0. The molecule has 0 N–H and O–H groups in total. The molecule has 0 radical (unpaired) electrons. The van der Waals surface area contributed by atoms with E-state index in [2.05, 4.69) is 11.0 Å². The first kappa shape index (κ1) is 27.2. The molecule has 1 aromatic carbocycles. The maximum Gasteiger partial charge on any atom is 0.289 e. The number of anilines is 1. The number of hydrogen-bond acceptors (Lipinski definition) is 6. The molecule has 1 saturated heterocycles. The van der Waals surface area contributed by atoms with E-state index in [1.165, 1.54) is 6.26 Å². The zero-order valence-corrected chi connectivity index (χ0v) is 23.1. The molecular formula is C31H36N4O5. The third-order valence-corrected chi connectivity index (χ3v) is 7.06. The topological polar surface area (TPSA) is 84.3 Å². The Morgan fingerprint density at radius 2 is 1.75 bits per heavy atom. The fourth-order valence-corrected chi connectivity index (χ4v) is 5.07. The van der Waals surface area contributed by atoms with E-state index in [1.807, 2.05) is 65.9 Å². The summed E-state index contributed by atoms with van der Waals surface area (Å²) in [5.74, 6) is 1.99. The van der Waals surface area contributed by atoms with E-state index in [0.29, 0.717) is 56.6 Å². The highest BCUT2D eigenvalue weighted by molar-refractivity contribution is 5.92. The van der Waals surface area contributed by atoms with E-state index in [-0.39, 0.29) is 11.8 Å². The summed E-state index contributed by atoms with van der Waals surface area (Å²) in [6.07, 6.45) is 4.31. The lowest BCUT2D eigenvalue weighted by Crippen LogP contribution is -2.48. The van der Waals surface area contributed by atoms with Gasteiger partial charge in [-0.1, -0.05) is 19.1 Å². The number of aromatic nitrogens is 1. The van der Waals surface area contributed by atoms with Crippen LogP contribution in [0, 0.1) is 0 Å². The minimum absolute atomic E-state index is 0.102. The lowest BCUT2D eigenvalue weighted by Gasteiger charge is -2.36. The van der Waals surface area contributed by atoms with Gasteiger partial charge in [-0.2, -0.15) is 0 Å². The molecule has 0 spiro atoms. The molecule has 0 unspecified atom stereocenters. The van der Waals surface area contributed by atoms with Gasteiger partial charge in [0.15, 0.2) is 11.5 Å². The SMILES string of the molecule is CCCN(Cc1cccn1Cc1ccc(C(=O)N2CCN(c3ccccc3OCC)CC2)o1)C(=O)c1ccco1. The lowest BCUT2D eigenvalue weighted by molar-refractivity contribution is 0.0700. The smallest absolute Gasteiger partial charge is 0.289 e. The van der Waals surface area contributed by atoms with Crippen LogP contribution in [0.25, 0.3) is 0 Å². The van der Waals surface area contributed by atoms with Crippen LogP contribution < -0.4 is 9.64 Å². The van der Waals surface area contributed by atoms with Gasteiger partial charge in [0.05, 0.1) is 31.6 Å². The van der Waals surface area contributed by atoms with Crippen molar-refractivity contribution >= 4 is 17.5 Å². The molecular weight excluding hydrogens is 508 g/mol. The minimum atomic E-state index is -0.132. The number of carbonyl (C=O) groups excluding carboxylic acids is 2. The van der Waals surface area contributed by atoms with Crippen molar-refractivity contribution in [3.63, 3.8) is 0 Å². The summed E-state index contributed by atoms with van der Waals surface area (Å²) in [6, 6.07) is 19.0. The highest BCUT2D eigenvalue weighted by Gasteiger charge is 2.26. The van der Waals surface area contributed by atoms with Crippen molar-refractivity contribution in [3.8, 4) is 5.75 Å². The second-order valence-electron chi connectivity index (χ2n) is 9.78. The Bertz CT molecular complexity index is 1400. The molecule has 210 valence electrons. The number of hydrogen-bond donors (Lipinski definition) is 0. The van der Waals surface area contributed by atoms with Gasteiger partial charge in [0.1, 0.15) is 11.5 Å². The Labute approximate surface area is 234 Å². The number of furan rings is 2. The summed E-state index contributed by atoms with van der Waals surface area (Å²) < 4.78 is 19.2. The number of rotatable bonds is 11. The quantitative estimate of drug-likeness (QED) is 0.260. The van der Waals surface area contributed by atoms with E-state index in [9.17, 15) is 9.59 Å². The van der Waals surface area contributed by atoms with Crippen molar-refractivity contribution in [1.29, 1.82) is 0 Å². The zero-order chi connectivity index (χ0) is 27.9. The predicted molar refractivity (Wildman–Crippen MR) is 152 cm³/mol. The average Bonchev–Trinajstić information content (AvgIpc) is 3.76. The van der Waals surface area contributed by atoms with Crippen molar-refractivity contribution in [1.82, 2.24) is 14.4 Å². The van der Waals surface area contributed by atoms with Crippen LogP contribution in [0.4, 0.5) is 5.69 Å². The van der Waals surface area contributed by atoms with Crippen LogP contribution >= 0.6 is 0 Å². The number of para-hydroxylation sites is 2. The van der Waals surface area contributed by atoms with Gasteiger partial charge in [-0.05, 0) is 61.9 Å². The Kier molecular flexibility index (Phi) is 8.59.